The minimum Gasteiger partial charge on any atom is -0.497 e. The predicted octanol–water partition coefficient (Wildman–Crippen LogP) is 1.87. The summed E-state index contributed by atoms with van der Waals surface area (Å²) in [6.45, 7) is 0.128. The highest BCUT2D eigenvalue weighted by molar-refractivity contribution is 5.43. The van der Waals surface area contributed by atoms with E-state index in [-0.39, 0.29) is 18.1 Å². The van der Waals surface area contributed by atoms with Crippen LogP contribution in [0.1, 0.15) is 30.9 Å². The van der Waals surface area contributed by atoms with Crippen LogP contribution in [0.3, 0.4) is 0 Å². The van der Waals surface area contributed by atoms with Crippen molar-refractivity contribution >= 4 is 0 Å². The van der Waals surface area contributed by atoms with Crippen LogP contribution < -0.4 is 15.2 Å². The van der Waals surface area contributed by atoms with Crippen molar-refractivity contribution in [2.24, 2.45) is 11.1 Å². The molecular weight excluding hydrogens is 230 g/mol. The Bertz CT molecular complexity index is 410. The molecule has 0 bridgehead atoms. The lowest BCUT2D eigenvalue weighted by Gasteiger charge is -2.45. The normalized spacial score (nSPS) is 18.9. The van der Waals surface area contributed by atoms with Gasteiger partial charge in [0.05, 0.1) is 20.8 Å². The van der Waals surface area contributed by atoms with Gasteiger partial charge in [0.1, 0.15) is 11.5 Å². The summed E-state index contributed by atoms with van der Waals surface area (Å²) >= 11 is 0. The van der Waals surface area contributed by atoms with Gasteiger partial charge in [-0.25, -0.2) is 0 Å². The van der Waals surface area contributed by atoms with E-state index in [1.165, 1.54) is 0 Å². The van der Waals surface area contributed by atoms with Crippen molar-refractivity contribution in [3.63, 3.8) is 0 Å². The Labute approximate surface area is 108 Å². The summed E-state index contributed by atoms with van der Waals surface area (Å²) < 4.78 is 10.5. The van der Waals surface area contributed by atoms with Crippen LogP contribution in [0.2, 0.25) is 0 Å². The topological polar surface area (TPSA) is 64.7 Å². The molecule has 0 saturated heterocycles. The number of benzene rings is 1. The summed E-state index contributed by atoms with van der Waals surface area (Å²) in [5, 5.41) is 9.59. The van der Waals surface area contributed by atoms with E-state index in [9.17, 15) is 5.11 Å². The highest BCUT2D eigenvalue weighted by atomic mass is 16.5. The molecule has 4 nitrogen and oxygen atoms in total. The molecule has 4 heteroatoms. The van der Waals surface area contributed by atoms with Crippen LogP contribution in [-0.4, -0.2) is 25.9 Å². The fourth-order valence-corrected chi connectivity index (χ4v) is 2.60. The first-order chi connectivity index (χ1) is 8.66. The molecule has 1 aromatic carbocycles. The molecule has 100 valence electrons. The molecule has 0 radical (unpaired) electrons. The fraction of sp³-hybridized carbons (Fsp3) is 0.571. The third-order valence-corrected chi connectivity index (χ3v) is 4.10. The third-order valence-electron chi connectivity index (χ3n) is 4.10. The number of hydrogen-bond acceptors (Lipinski definition) is 4. The maximum absolute atomic E-state index is 9.59. The average Bonchev–Trinajstić information content (AvgIpc) is 2.37. The smallest absolute Gasteiger partial charge is 0.127 e. The largest absolute Gasteiger partial charge is 0.497 e. The summed E-state index contributed by atoms with van der Waals surface area (Å²) in [4.78, 5) is 0. The second kappa shape index (κ2) is 5.16. The number of aliphatic hydroxyl groups excluding tert-OH is 1. The Hall–Kier alpha value is -1.26. The number of ether oxygens (including phenoxy) is 2. The number of methoxy groups -OCH3 is 2. The van der Waals surface area contributed by atoms with Crippen LogP contribution in [0.5, 0.6) is 11.5 Å². The van der Waals surface area contributed by atoms with E-state index in [0.717, 1.165) is 36.3 Å². The number of rotatable bonds is 5. The zero-order valence-corrected chi connectivity index (χ0v) is 11.0. The Balaban J connectivity index is 2.32. The molecule has 1 aromatic rings. The molecule has 1 unspecified atom stereocenters. The number of aliphatic hydroxyl groups is 1. The zero-order valence-electron chi connectivity index (χ0n) is 11.0. The first kappa shape index (κ1) is 13.2. The Kier molecular flexibility index (Phi) is 3.78. The molecule has 1 atom stereocenters. The van der Waals surface area contributed by atoms with Crippen molar-refractivity contribution < 1.29 is 14.6 Å². The SMILES string of the molecule is COc1ccc(C(N)C2(CO)CCC2)c(OC)c1. The monoisotopic (exact) mass is 251 g/mol. The van der Waals surface area contributed by atoms with Crippen molar-refractivity contribution in [1.82, 2.24) is 0 Å². The molecule has 1 aliphatic rings. The molecule has 1 saturated carbocycles. The van der Waals surface area contributed by atoms with Gasteiger partial charge in [0, 0.05) is 23.1 Å². The minimum atomic E-state index is -0.197. The zero-order chi connectivity index (χ0) is 13.2. The van der Waals surface area contributed by atoms with Gasteiger partial charge in [-0.2, -0.15) is 0 Å². The maximum atomic E-state index is 9.59. The lowest BCUT2D eigenvalue weighted by molar-refractivity contribution is 0.0177. The van der Waals surface area contributed by atoms with E-state index in [1.807, 2.05) is 18.2 Å². The van der Waals surface area contributed by atoms with Crippen LogP contribution in [0.25, 0.3) is 0 Å². The van der Waals surface area contributed by atoms with Gasteiger partial charge in [0.15, 0.2) is 0 Å². The van der Waals surface area contributed by atoms with Gasteiger partial charge >= 0.3 is 0 Å². The molecule has 1 aliphatic carbocycles. The molecule has 18 heavy (non-hydrogen) atoms. The van der Waals surface area contributed by atoms with Crippen molar-refractivity contribution in [1.29, 1.82) is 0 Å². The Morgan fingerprint density at radius 1 is 1.33 bits per heavy atom. The van der Waals surface area contributed by atoms with Gasteiger partial charge in [-0.3, -0.25) is 0 Å². The van der Waals surface area contributed by atoms with E-state index in [1.54, 1.807) is 14.2 Å². The Morgan fingerprint density at radius 3 is 2.50 bits per heavy atom. The van der Waals surface area contributed by atoms with Crippen LogP contribution in [0.15, 0.2) is 18.2 Å². The summed E-state index contributed by atoms with van der Waals surface area (Å²) in [5.74, 6) is 1.47. The third kappa shape index (κ3) is 2.06. The van der Waals surface area contributed by atoms with Crippen LogP contribution in [0, 0.1) is 5.41 Å². The van der Waals surface area contributed by atoms with Crippen LogP contribution in [-0.2, 0) is 0 Å². The molecule has 0 spiro atoms. The average molecular weight is 251 g/mol. The molecule has 0 amide bonds. The summed E-state index contributed by atoms with van der Waals surface area (Å²) in [5.41, 5.74) is 7.09. The lowest BCUT2D eigenvalue weighted by Crippen LogP contribution is -2.43. The quantitative estimate of drug-likeness (QED) is 0.838. The fourth-order valence-electron chi connectivity index (χ4n) is 2.60. The van der Waals surface area contributed by atoms with E-state index < -0.39 is 0 Å². The molecule has 2 rings (SSSR count). The summed E-state index contributed by atoms with van der Waals surface area (Å²) in [6.07, 6.45) is 3.08. The van der Waals surface area contributed by atoms with Crippen molar-refractivity contribution in [2.45, 2.75) is 25.3 Å². The van der Waals surface area contributed by atoms with E-state index in [0.29, 0.717) is 0 Å². The highest BCUT2D eigenvalue weighted by Crippen LogP contribution is 2.50. The molecule has 1 fully saturated rings. The van der Waals surface area contributed by atoms with Crippen LogP contribution >= 0.6 is 0 Å². The van der Waals surface area contributed by atoms with E-state index in [2.05, 4.69) is 0 Å². The second-order valence-corrected chi connectivity index (χ2v) is 4.96. The van der Waals surface area contributed by atoms with Gasteiger partial charge in [0.2, 0.25) is 0 Å². The van der Waals surface area contributed by atoms with Gasteiger partial charge in [-0.1, -0.05) is 12.5 Å². The van der Waals surface area contributed by atoms with Crippen molar-refractivity contribution in [3.05, 3.63) is 23.8 Å². The van der Waals surface area contributed by atoms with Gasteiger partial charge in [0.25, 0.3) is 0 Å². The standard InChI is InChI=1S/C14H21NO3/c1-17-10-4-5-11(12(8-10)18-2)13(15)14(9-16)6-3-7-14/h4-5,8,13,16H,3,6-7,9,15H2,1-2H3. The van der Waals surface area contributed by atoms with Crippen LogP contribution in [0.4, 0.5) is 0 Å². The first-order valence-electron chi connectivity index (χ1n) is 6.25. The Morgan fingerprint density at radius 2 is 2.06 bits per heavy atom. The van der Waals surface area contributed by atoms with Gasteiger partial charge in [-0.05, 0) is 18.9 Å². The second-order valence-electron chi connectivity index (χ2n) is 4.96. The first-order valence-corrected chi connectivity index (χ1v) is 6.25. The summed E-state index contributed by atoms with van der Waals surface area (Å²) in [6, 6.07) is 5.44. The molecular formula is C14H21NO3. The highest BCUT2D eigenvalue weighted by Gasteiger charge is 2.43. The minimum absolute atomic E-state index is 0.128. The number of hydrogen-bond donors (Lipinski definition) is 2. The predicted molar refractivity (Wildman–Crippen MR) is 69.8 cm³/mol. The van der Waals surface area contributed by atoms with Gasteiger partial charge in [-0.15, -0.1) is 0 Å². The lowest BCUT2D eigenvalue weighted by atomic mass is 9.63. The maximum Gasteiger partial charge on any atom is 0.127 e. The molecule has 0 aliphatic heterocycles. The molecule has 0 heterocycles. The van der Waals surface area contributed by atoms with Crippen molar-refractivity contribution in [3.8, 4) is 11.5 Å². The van der Waals surface area contributed by atoms with Crippen molar-refractivity contribution in [2.75, 3.05) is 20.8 Å². The summed E-state index contributed by atoms with van der Waals surface area (Å²) in [7, 11) is 3.24. The van der Waals surface area contributed by atoms with E-state index in [4.69, 9.17) is 15.2 Å². The molecule has 0 aromatic heterocycles. The van der Waals surface area contributed by atoms with Gasteiger partial charge < -0.3 is 20.3 Å². The number of nitrogens with two attached hydrogens (primary N) is 1. The van der Waals surface area contributed by atoms with E-state index >= 15 is 0 Å². The molecule has 3 N–H and O–H groups in total.